The van der Waals surface area contributed by atoms with E-state index < -0.39 is 5.97 Å². The van der Waals surface area contributed by atoms with Gasteiger partial charge in [-0.15, -0.1) is 0 Å². The molecule has 0 bridgehead atoms. The fraction of sp³-hybridized carbons (Fsp3) is 0.444. The summed E-state index contributed by atoms with van der Waals surface area (Å²) >= 11 is 0. The van der Waals surface area contributed by atoms with Crippen LogP contribution in [0.25, 0.3) is 0 Å². The first-order valence-electron chi connectivity index (χ1n) is 4.04. The Balaban J connectivity index is 2.80. The van der Waals surface area contributed by atoms with Gasteiger partial charge >= 0.3 is 5.97 Å². The van der Waals surface area contributed by atoms with Crippen molar-refractivity contribution in [3.63, 3.8) is 0 Å². The molecule has 0 aliphatic rings. The lowest BCUT2D eigenvalue weighted by molar-refractivity contribution is 0.0562. The first-order valence-corrected chi connectivity index (χ1v) is 4.04. The Morgan fingerprint density at radius 1 is 1.62 bits per heavy atom. The zero-order valence-electron chi connectivity index (χ0n) is 7.96. The highest BCUT2D eigenvalue weighted by atomic mass is 16.5. The largest absolute Gasteiger partial charge is 0.463 e. The van der Waals surface area contributed by atoms with E-state index in [0.717, 1.165) is 5.76 Å². The molecule has 0 aliphatic carbocycles. The van der Waals surface area contributed by atoms with Crippen LogP contribution in [0.1, 0.15) is 29.3 Å². The van der Waals surface area contributed by atoms with Crippen molar-refractivity contribution < 1.29 is 13.9 Å². The Kier molecular flexibility index (Phi) is 3.08. The second kappa shape index (κ2) is 4.09. The highest BCUT2D eigenvalue weighted by Gasteiger charge is 2.13. The van der Waals surface area contributed by atoms with Crippen LogP contribution in [0, 0.1) is 0 Å². The van der Waals surface area contributed by atoms with E-state index in [1.54, 1.807) is 12.1 Å². The Hall–Kier alpha value is -1.29. The Morgan fingerprint density at radius 3 is 2.85 bits per heavy atom. The van der Waals surface area contributed by atoms with Crippen LogP contribution < -0.4 is 5.32 Å². The quantitative estimate of drug-likeness (QED) is 0.718. The summed E-state index contributed by atoms with van der Waals surface area (Å²) in [7, 11) is 3.15. The molecule has 0 saturated heterocycles. The summed E-state index contributed by atoms with van der Waals surface area (Å²) in [6.45, 7) is 1.94. The maximum atomic E-state index is 11.0. The molecule has 1 aromatic rings. The standard InChI is InChI=1S/C9H13NO3/c1-6(10-2)7-4-5-8(13-7)9(11)12-3/h4-6,10H,1-3H3. The predicted octanol–water partition coefficient (Wildman–Crippen LogP) is 1.35. The molecule has 4 nitrogen and oxygen atoms in total. The second-order valence-electron chi connectivity index (χ2n) is 2.70. The zero-order chi connectivity index (χ0) is 9.84. The minimum absolute atomic E-state index is 0.0957. The summed E-state index contributed by atoms with van der Waals surface area (Å²) in [5, 5.41) is 3.01. The third-order valence-corrected chi connectivity index (χ3v) is 1.87. The molecule has 0 spiro atoms. The number of carbonyl (C=O) groups excluding carboxylic acids is 1. The summed E-state index contributed by atoms with van der Waals surface area (Å²) < 4.78 is 9.76. The highest BCUT2D eigenvalue weighted by Crippen LogP contribution is 2.15. The predicted molar refractivity (Wildman–Crippen MR) is 47.5 cm³/mol. The number of esters is 1. The molecule has 1 N–H and O–H groups in total. The van der Waals surface area contributed by atoms with Crippen LogP contribution >= 0.6 is 0 Å². The summed E-state index contributed by atoms with van der Waals surface area (Å²) in [4.78, 5) is 11.0. The fourth-order valence-electron chi connectivity index (χ4n) is 0.938. The van der Waals surface area contributed by atoms with Gasteiger partial charge in [-0.3, -0.25) is 0 Å². The van der Waals surface area contributed by atoms with Crippen molar-refractivity contribution in [3.8, 4) is 0 Å². The number of methoxy groups -OCH3 is 1. The first kappa shape index (κ1) is 9.80. The van der Waals surface area contributed by atoms with E-state index in [2.05, 4.69) is 10.1 Å². The van der Waals surface area contributed by atoms with Crippen molar-refractivity contribution >= 4 is 5.97 Å². The van der Waals surface area contributed by atoms with Gasteiger partial charge in [0.2, 0.25) is 5.76 Å². The molecule has 0 saturated carbocycles. The Morgan fingerprint density at radius 2 is 2.31 bits per heavy atom. The molecular weight excluding hydrogens is 170 g/mol. The van der Waals surface area contributed by atoms with Gasteiger partial charge in [0, 0.05) is 0 Å². The lowest BCUT2D eigenvalue weighted by atomic mass is 10.3. The third-order valence-electron chi connectivity index (χ3n) is 1.87. The van der Waals surface area contributed by atoms with E-state index in [1.807, 2.05) is 14.0 Å². The number of carbonyl (C=O) groups is 1. The molecule has 0 aromatic carbocycles. The summed E-state index contributed by atoms with van der Waals surface area (Å²) in [6.07, 6.45) is 0. The van der Waals surface area contributed by atoms with Gasteiger partial charge in [0.1, 0.15) is 5.76 Å². The van der Waals surface area contributed by atoms with Crippen LogP contribution in [-0.2, 0) is 4.74 Å². The minimum Gasteiger partial charge on any atom is -0.463 e. The van der Waals surface area contributed by atoms with Gasteiger partial charge in [0.25, 0.3) is 0 Å². The molecule has 0 amide bonds. The molecule has 1 unspecified atom stereocenters. The van der Waals surface area contributed by atoms with Gasteiger partial charge in [-0.1, -0.05) is 0 Å². The van der Waals surface area contributed by atoms with Crippen molar-refractivity contribution in [2.75, 3.05) is 14.2 Å². The van der Waals surface area contributed by atoms with E-state index >= 15 is 0 Å². The smallest absolute Gasteiger partial charge is 0.373 e. The fourth-order valence-corrected chi connectivity index (χ4v) is 0.938. The van der Waals surface area contributed by atoms with Crippen molar-refractivity contribution in [2.45, 2.75) is 13.0 Å². The Bertz CT molecular complexity index is 293. The molecule has 0 fully saturated rings. The molecule has 1 rings (SSSR count). The number of ether oxygens (including phenoxy) is 1. The molecule has 0 aliphatic heterocycles. The molecule has 72 valence electrons. The third kappa shape index (κ3) is 2.09. The van der Waals surface area contributed by atoms with Gasteiger partial charge in [0.05, 0.1) is 13.2 Å². The van der Waals surface area contributed by atoms with Crippen molar-refractivity contribution in [1.82, 2.24) is 5.32 Å². The van der Waals surface area contributed by atoms with Gasteiger partial charge in [-0.25, -0.2) is 4.79 Å². The van der Waals surface area contributed by atoms with Crippen LogP contribution in [0.4, 0.5) is 0 Å². The SMILES string of the molecule is CNC(C)c1ccc(C(=O)OC)o1. The van der Waals surface area contributed by atoms with Crippen LogP contribution in [0.3, 0.4) is 0 Å². The average molecular weight is 183 g/mol. The lowest BCUT2D eigenvalue weighted by Gasteiger charge is -2.04. The summed E-state index contributed by atoms with van der Waals surface area (Å²) in [5.74, 6) is 0.511. The normalized spacial score (nSPS) is 12.5. The molecule has 1 aromatic heterocycles. The maximum absolute atomic E-state index is 11.0. The van der Waals surface area contributed by atoms with E-state index in [9.17, 15) is 4.79 Å². The highest BCUT2D eigenvalue weighted by molar-refractivity contribution is 5.86. The minimum atomic E-state index is -0.449. The summed E-state index contributed by atoms with van der Waals surface area (Å²) in [5.41, 5.74) is 0. The molecule has 0 radical (unpaired) electrons. The number of hydrogen-bond donors (Lipinski definition) is 1. The van der Waals surface area contributed by atoms with Crippen molar-refractivity contribution in [2.24, 2.45) is 0 Å². The van der Waals surface area contributed by atoms with E-state index in [4.69, 9.17) is 4.42 Å². The van der Waals surface area contributed by atoms with Crippen LogP contribution in [0.15, 0.2) is 16.5 Å². The van der Waals surface area contributed by atoms with Gasteiger partial charge < -0.3 is 14.5 Å². The van der Waals surface area contributed by atoms with Crippen molar-refractivity contribution in [3.05, 3.63) is 23.7 Å². The second-order valence-corrected chi connectivity index (χ2v) is 2.70. The number of rotatable bonds is 3. The number of furan rings is 1. The molecular formula is C9H13NO3. The summed E-state index contributed by atoms with van der Waals surface area (Å²) in [6, 6.07) is 3.46. The number of hydrogen-bond acceptors (Lipinski definition) is 4. The lowest BCUT2D eigenvalue weighted by Crippen LogP contribution is -2.11. The number of nitrogens with one attached hydrogen (secondary N) is 1. The molecule has 13 heavy (non-hydrogen) atoms. The van der Waals surface area contributed by atoms with E-state index in [1.165, 1.54) is 7.11 Å². The average Bonchev–Trinajstić information content (AvgIpc) is 2.64. The maximum Gasteiger partial charge on any atom is 0.373 e. The van der Waals surface area contributed by atoms with Crippen LogP contribution in [-0.4, -0.2) is 20.1 Å². The van der Waals surface area contributed by atoms with Gasteiger partial charge in [-0.05, 0) is 26.1 Å². The van der Waals surface area contributed by atoms with Crippen LogP contribution in [0.2, 0.25) is 0 Å². The topological polar surface area (TPSA) is 51.5 Å². The monoisotopic (exact) mass is 183 g/mol. The van der Waals surface area contributed by atoms with E-state index in [0.29, 0.717) is 0 Å². The zero-order valence-corrected chi connectivity index (χ0v) is 7.96. The molecule has 1 heterocycles. The molecule has 1 atom stereocenters. The van der Waals surface area contributed by atoms with Crippen molar-refractivity contribution in [1.29, 1.82) is 0 Å². The molecule has 4 heteroatoms. The van der Waals surface area contributed by atoms with Gasteiger partial charge in [-0.2, -0.15) is 0 Å². The van der Waals surface area contributed by atoms with Gasteiger partial charge in [0.15, 0.2) is 0 Å². The Labute approximate surface area is 76.9 Å². The van der Waals surface area contributed by atoms with E-state index in [-0.39, 0.29) is 11.8 Å². The van der Waals surface area contributed by atoms with Crippen LogP contribution in [0.5, 0.6) is 0 Å². The first-order chi connectivity index (χ1) is 6.19.